The first-order chi connectivity index (χ1) is 4.79. The van der Waals surface area contributed by atoms with Gasteiger partial charge in [0.05, 0.1) is 0 Å². The standard InChI is InChI=1S/C8H12O2/c1-7(9)10-8-5-3-2-4-6-8/h2-3,8H,4-6H2,1H3/t8-/m0/s1. The lowest BCUT2D eigenvalue weighted by molar-refractivity contribution is -0.146. The Hall–Kier alpha value is -0.790. The lowest BCUT2D eigenvalue weighted by Crippen LogP contribution is -2.16. The Morgan fingerprint density at radius 1 is 1.60 bits per heavy atom. The molecule has 56 valence electrons. The first-order valence-corrected chi connectivity index (χ1v) is 3.61. The second kappa shape index (κ2) is 3.40. The fourth-order valence-corrected chi connectivity index (χ4v) is 1.11. The van der Waals surface area contributed by atoms with E-state index in [2.05, 4.69) is 12.2 Å². The van der Waals surface area contributed by atoms with Gasteiger partial charge in [0.2, 0.25) is 0 Å². The van der Waals surface area contributed by atoms with Gasteiger partial charge in [-0.15, -0.1) is 0 Å². The van der Waals surface area contributed by atoms with Gasteiger partial charge in [0, 0.05) is 13.3 Å². The average molecular weight is 140 g/mol. The van der Waals surface area contributed by atoms with Crippen LogP contribution in [0.2, 0.25) is 0 Å². The van der Waals surface area contributed by atoms with Crippen LogP contribution in [0.1, 0.15) is 26.2 Å². The summed E-state index contributed by atoms with van der Waals surface area (Å²) < 4.78 is 5.00. The molecule has 0 aromatic carbocycles. The van der Waals surface area contributed by atoms with Crippen molar-refractivity contribution in [2.45, 2.75) is 32.3 Å². The Bertz CT molecular complexity index is 149. The number of carbonyl (C=O) groups is 1. The van der Waals surface area contributed by atoms with E-state index in [0.29, 0.717) is 0 Å². The Morgan fingerprint density at radius 2 is 2.40 bits per heavy atom. The molecule has 1 aliphatic carbocycles. The van der Waals surface area contributed by atoms with E-state index in [1.165, 1.54) is 6.92 Å². The molecule has 1 rings (SSSR count). The summed E-state index contributed by atoms with van der Waals surface area (Å²) in [5, 5.41) is 0. The van der Waals surface area contributed by atoms with Gasteiger partial charge in [0.1, 0.15) is 6.10 Å². The van der Waals surface area contributed by atoms with E-state index in [4.69, 9.17) is 4.74 Å². The van der Waals surface area contributed by atoms with Crippen LogP contribution in [0.3, 0.4) is 0 Å². The van der Waals surface area contributed by atoms with Crippen LogP contribution in [0, 0.1) is 0 Å². The van der Waals surface area contributed by atoms with E-state index in [-0.39, 0.29) is 12.1 Å². The molecule has 0 amide bonds. The summed E-state index contributed by atoms with van der Waals surface area (Å²) >= 11 is 0. The van der Waals surface area contributed by atoms with Gasteiger partial charge in [-0.3, -0.25) is 4.79 Å². The summed E-state index contributed by atoms with van der Waals surface area (Å²) in [6, 6.07) is 0. The van der Waals surface area contributed by atoms with Gasteiger partial charge in [-0.2, -0.15) is 0 Å². The lowest BCUT2D eigenvalue weighted by atomic mass is 10.1. The van der Waals surface area contributed by atoms with Crippen molar-refractivity contribution in [2.24, 2.45) is 0 Å². The van der Waals surface area contributed by atoms with Crippen LogP contribution in [-0.4, -0.2) is 12.1 Å². The predicted octanol–water partition coefficient (Wildman–Crippen LogP) is 1.66. The molecule has 2 heteroatoms. The van der Waals surface area contributed by atoms with Crippen LogP contribution >= 0.6 is 0 Å². The minimum atomic E-state index is -0.166. The third-order valence-electron chi connectivity index (χ3n) is 1.55. The Kier molecular flexibility index (Phi) is 2.49. The molecular weight excluding hydrogens is 128 g/mol. The summed E-state index contributed by atoms with van der Waals surface area (Å²) in [6.07, 6.45) is 7.24. The van der Waals surface area contributed by atoms with Gasteiger partial charge in [-0.25, -0.2) is 0 Å². The second-order valence-corrected chi connectivity index (χ2v) is 2.52. The van der Waals surface area contributed by atoms with Crippen molar-refractivity contribution < 1.29 is 9.53 Å². The zero-order chi connectivity index (χ0) is 7.40. The maximum absolute atomic E-state index is 10.5. The van der Waals surface area contributed by atoms with Crippen molar-refractivity contribution in [1.29, 1.82) is 0 Å². The van der Waals surface area contributed by atoms with Crippen LogP contribution in [0.25, 0.3) is 0 Å². The number of rotatable bonds is 1. The van der Waals surface area contributed by atoms with E-state index >= 15 is 0 Å². The van der Waals surface area contributed by atoms with Crippen molar-refractivity contribution in [3.63, 3.8) is 0 Å². The van der Waals surface area contributed by atoms with Gasteiger partial charge in [0.15, 0.2) is 0 Å². The molecule has 0 unspecified atom stereocenters. The van der Waals surface area contributed by atoms with Crippen molar-refractivity contribution >= 4 is 5.97 Å². The molecule has 0 aliphatic heterocycles. The highest BCUT2D eigenvalue weighted by Gasteiger charge is 2.11. The van der Waals surface area contributed by atoms with Gasteiger partial charge >= 0.3 is 5.97 Å². The highest BCUT2D eigenvalue weighted by Crippen LogP contribution is 2.13. The molecule has 0 N–H and O–H groups in total. The van der Waals surface area contributed by atoms with Gasteiger partial charge in [-0.05, 0) is 12.8 Å². The molecule has 0 spiro atoms. The van der Waals surface area contributed by atoms with E-state index in [0.717, 1.165) is 19.3 Å². The van der Waals surface area contributed by atoms with Gasteiger partial charge in [-0.1, -0.05) is 12.2 Å². The van der Waals surface area contributed by atoms with E-state index in [1.807, 2.05) is 0 Å². The van der Waals surface area contributed by atoms with Crippen LogP contribution in [-0.2, 0) is 9.53 Å². The first-order valence-electron chi connectivity index (χ1n) is 3.61. The summed E-state index contributed by atoms with van der Waals surface area (Å²) in [7, 11) is 0. The van der Waals surface area contributed by atoms with Crippen LogP contribution in [0.15, 0.2) is 12.2 Å². The highest BCUT2D eigenvalue weighted by atomic mass is 16.5. The third-order valence-corrected chi connectivity index (χ3v) is 1.55. The van der Waals surface area contributed by atoms with Crippen molar-refractivity contribution in [3.05, 3.63) is 12.2 Å². The maximum Gasteiger partial charge on any atom is 0.302 e. The summed E-state index contributed by atoms with van der Waals surface area (Å²) in [5.41, 5.74) is 0. The number of carbonyl (C=O) groups excluding carboxylic acids is 1. The third kappa shape index (κ3) is 2.21. The zero-order valence-electron chi connectivity index (χ0n) is 6.17. The van der Waals surface area contributed by atoms with Gasteiger partial charge < -0.3 is 4.74 Å². The van der Waals surface area contributed by atoms with Crippen molar-refractivity contribution in [2.75, 3.05) is 0 Å². The van der Waals surface area contributed by atoms with E-state index < -0.39 is 0 Å². The quantitative estimate of drug-likeness (QED) is 0.409. The minimum Gasteiger partial charge on any atom is -0.462 e. The Balaban J connectivity index is 2.28. The van der Waals surface area contributed by atoms with Crippen LogP contribution < -0.4 is 0 Å². The topological polar surface area (TPSA) is 26.3 Å². The number of allylic oxidation sites excluding steroid dienone is 1. The van der Waals surface area contributed by atoms with E-state index in [9.17, 15) is 4.79 Å². The fourth-order valence-electron chi connectivity index (χ4n) is 1.11. The second-order valence-electron chi connectivity index (χ2n) is 2.52. The van der Waals surface area contributed by atoms with Gasteiger partial charge in [0.25, 0.3) is 0 Å². The molecule has 1 atom stereocenters. The number of ether oxygens (including phenoxy) is 1. The SMILES string of the molecule is CC(=O)O[C@H]1CC=CCC1. The molecule has 0 aromatic heterocycles. The maximum atomic E-state index is 10.5. The summed E-state index contributed by atoms with van der Waals surface area (Å²) in [6.45, 7) is 1.46. The zero-order valence-corrected chi connectivity index (χ0v) is 6.17. The molecule has 0 radical (unpaired) electrons. The predicted molar refractivity (Wildman–Crippen MR) is 38.5 cm³/mol. The molecule has 10 heavy (non-hydrogen) atoms. The highest BCUT2D eigenvalue weighted by molar-refractivity contribution is 5.66. The summed E-state index contributed by atoms with van der Waals surface area (Å²) in [5.74, 6) is -0.166. The normalized spacial score (nSPS) is 24.3. The number of hydrogen-bond acceptors (Lipinski definition) is 2. The molecule has 0 aromatic rings. The molecule has 0 bridgehead atoms. The molecule has 0 fully saturated rings. The van der Waals surface area contributed by atoms with Crippen molar-refractivity contribution in [1.82, 2.24) is 0 Å². The fraction of sp³-hybridized carbons (Fsp3) is 0.625. The Labute approximate surface area is 60.9 Å². The minimum absolute atomic E-state index is 0.141. The molecule has 0 saturated carbocycles. The number of hydrogen-bond donors (Lipinski definition) is 0. The van der Waals surface area contributed by atoms with Crippen LogP contribution in [0.5, 0.6) is 0 Å². The lowest BCUT2D eigenvalue weighted by Gasteiger charge is -2.16. The molecule has 2 nitrogen and oxygen atoms in total. The van der Waals surface area contributed by atoms with Crippen molar-refractivity contribution in [3.8, 4) is 0 Å². The number of esters is 1. The molecule has 0 saturated heterocycles. The smallest absolute Gasteiger partial charge is 0.302 e. The average Bonchev–Trinajstić information content (AvgIpc) is 1.88. The van der Waals surface area contributed by atoms with Crippen LogP contribution in [0.4, 0.5) is 0 Å². The monoisotopic (exact) mass is 140 g/mol. The summed E-state index contributed by atoms with van der Waals surface area (Å²) in [4.78, 5) is 10.5. The van der Waals surface area contributed by atoms with E-state index in [1.54, 1.807) is 0 Å². The molecule has 0 heterocycles. The largest absolute Gasteiger partial charge is 0.462 e. The first kappa shape index (κ1) is 7.32. The Morgan fingerprint density at radius 3 is 2.90 bits per heavy atom. The molecule has 1 aliphatic rings. The molecular formula is C8H12O2.